The van der Waals surface area contributed by atoms with Gasteiger partial charge in [0.05, 0.1) is 7.11 Å². The standard InChI is InChI=1S/C22H25N3O4/c1-14-8-7-10-17(15(14)2)23-19(26)13-25-20(27)22(3,24-21(25)28)12-16-9-5-6-11-18(16)29-4/h5-11H,12-13H2,1-4H3,(H,23,26)(H,24,28)/t22-/m1/s1. The number of imide groups is 1. The maximum atomic E-state index is 13.0. The molecule has 0 saturated carbocycles. The lowest BCUT2D eigenvalue weighted by molar-refractivity contribution is -0.133. The molecule has 2 aromatic carbocycles. The third kappa shape index (κ3) is 4.08. The molecule has 1 atom stereocenters. The van der Waals surface area contributed by atoms with Gasteiger partial charge in [-0.2, -0.15) is 0 Å². The Morgan fingerprint density at radius 2 is 1.86 bits per heavy atom. The van der Waals surface area contributed by atoms with Crippen molar-refractivity contribution in [3.8, 4) is 5.75 Å². The first-order valence-corrected chi connectivity index (χ1v) is 9.37. The van der Waals surface area contributed by atoms with E-state index in [0.29, 0.717) is 11.4 Å². The number of urea groups is 1. The van der Waals surface area contributed by atoms with Crippen molar-refractivity contribution in [1.82, 2.24) is 10.2 Å². The van der Waals surface area contributed by atoms with Gasteiger partial charge in [0.2, 0.25) is 5.91 Å². The van der Waals surface area contributed by atoms with Crippen molar-refractivity contribution >= 4 is 23.5 Å². The number of rotatable bonds is 6. The summed E-state index contributed by atoms with van der Waals surface area (Å²) in [5.41, 5.74) is 2.30. The summed E-state index contributed by atoms with van der Waals surface area (Å²) in [6.07, 6.45) is 0.261. The summed E-state index contributed by atoms with van der Waals surface area (Å²) < 4.78 is 5.34. The maximum Gasteiger partial charge on any atom is 0.325 e. The van der Waals surface area contributed by atoms with Gasteiger partial charge in [0.15, 0.2) is 0 Å². The van der Waals surface area contributed by atoms with Crippen LogP contribution in [0.4, 0.5) is 10.5 Å². The highest BCUT2D eigenvalue weighted by Crippen LogP contribution is 2.27. The van der Waals surface area contributed by atoms with Gasteiger partial charge in [0.1, 0.15) is 17.8 Å². The Hall–Kier alpha value is -3.35. The van der Waals surface area contributed by atoms with Crippen LogP contribution < -0.4 is 15.4 Å². The van der Waals surface area contributed by atoms with Crippen LogP contribution in [-0.2, 0) is 16.0 Å². The molecule has 1 fully saturated rings. The van der Waals surface area contributed by atoms with Gasteiger partial charge < -0.3 is 15.4 Å². The first kappa shape index (κ1) is 20.4. The molecule has 7 heteroatoms. The van der Waals surface area contributed by atoms with Gasteiger partial charge in [-0.15, -0.1) is 0 Å². The molecule has 0 bridgehead atoms. The lowest BCUT2D eigenvalue weighted by Crippen LogP contribution is -2.46. The Kier molecular flexibility index (Phi) is 5.59. The summed E-state index contributed by atoms with van der Waals surface area (Å²) in [5, 5.41) is 5.50. The number of para-hydroxylation sites is 1. The number of aryl methyl sites for hydroxylation is 1. The smallest absolute Gasteiger partial charge is 0.325 e. The van der Waals surface area contributed by atoms with E-state index in [4.69, 9.17) is 4.74 Å². The molecular weight excluding hydrogens is 370 g/mol. The predicted molar refractivity (Wildman–Crippen MR) is 110 cm³/mol. The Bertz CT molecular complexity index is 972. The van der Waals surface area contributed by atoms with Crippen LogP contribution in [0.5, 0.6) is 5.75 Å². The van der Waals surface area contributed by atoms with Gasteiger partial charge in [0.25, 0.3) is 5.91 Å². The average molecular weight is 395 g/mol. The van der Waals surface area contributed by atoms with Crippen molar-refractivity contribution in [1.29, 1.82) is 0 Å². The molecule has 4 amide bonds. The second-order valence-corrected chi connectivity index (χ2v) is 7.44. The van der Waals surface area contributed by atoms with Crippen molar-refractivity contribution in [3.63, 3.8) is 0 Å². The molecule has 0 aromatic heterocycles. The first-order valence-electron chi connectivity index (χ1n) is 9.37. The molecule has 152 valence electrons. The molecule has 1 saturated heterocycles. The lowest BCUT2D eigenvalue weighted by atomic mass is 9.92. The van der Waals surface area contributed by atoms with Crippen molar-refractivity contribution in [2.45, 2.75) is 32.7 Å². The van der Waals surface area contributed by atoms with Crippen LogP contribution in [-0.4, -0.2) is 41.9 Å². The zero-order chi connectivity index (χ0) is 21.2. The van der Waals surface area contributed by atoms with Crippen molar-refractivity contribution in [3.05, 3.63) is 59.2 Å². The second kappa shape index (κ2) is 7.95. The molecule has 1 heterocycles. The Balaban J connectivity index is 1.73. The zero-order valence-electron chi connectivity index (χ0n) is 17.0. The van der Waals surface area contributed by atoms with Crippen LogP contribution in [0.15, 0.2) is 42.5 Å². The molecule has 0 radical (unpaired) electrons. The summed E-state index contributed by atoms with van der Waals surface area (Å²) in [6.45, 7) is 5.16. The average Bonchev–Trinajstić information content (AvgIpc) is 2.89. The summed E-state index contributed by atoms with van der Waals surface area (Å²) in [4.78, 5) is 38.9. The Morgan fingerprint density at radius 3 is 2.59 bits per heavy atom. The largest absolute Gasteiger partial charge is 0.496 e. The van der Waals surface area contributed by atoms with E-state index < -0.39 is 23.4 Å². The number of nitrogens with one attached hydrogen (secondary N) is 2. The summed E-state index contributed by atoms with van der Waals surface area (Å²) in [6, 6.07) is 12.3. The Morgan fingerprint density at radius 1 is 1.14 bits per heavy atom. The van der Waals surface area contributed by atoms with Gasteiger partial charge in [0, 0.05) is 12.1 Å². The lowest BCUT2D eigenvalue weighted by Gasteiger charge is -2.22. The van der Waals surface area contributed by atoms with E-state index in [0.717, 1.165) is 21.6 Å². The van der Waals surface area contributed by atoms with Crippen LogP contribution in [0.1, 0.15) is 23.6 Å². The normalized spacial score (nSPS) is 18.6. The number of nitrogens with zero attached hydrogens (tertiary/aromatic N) is 1. The van der Waals surface area contributed by atoms with Crippen LogP contribution in [0.3, 0.4) is 0 Å². The fourth-order valence-corrected chi connectivity index (χ4v) is 3.46. The van der Waals surface area contributed by atoms with E-state index in [9.17, 15) is 14.4 Å². The minimum absolute atomic E-state index is 0.261. The van der Waals surface area contributed by atoms with Crippen molar-refractivity contribution in [2.75, 3.05) is 19.0 Å². The van der Waals surface area contributed by atoms with E-state index in [1.165, 1.54) is 0 Å². The van der Waals surface area contributed by atoms with E-state index in [2.05, 4.69) is 10.6 Å². The number of carbonyl (C=O) groups excluding carboxylic acids is 3. The van der Waals surface area contributed by atoms with Crippen LogP contribution in [0.2, 0.25) is 0 Å². The third-order valence-corrected chi connectivity index (χ3v) is 5.26. The van der Waals surface area contributed by atoms with E-state index in [-0.39, 0.29) is 13.0 Å². The van der Waals surface area contributed by atoms with Crippen molar-refractivity contribution < 1.29 is 19.1 Å². The molecule has 0 aliphatic carbocycles. The second-order valence-electron chi connectivity index (χ2n) is 7.44. The van der Waals surface area contributed by atoms with E-state index in [1.807, 2.05) is 44.2 Å². The van der Waals surface area contributed by atoms with Crippen molar-refractivity contribution in [2.24, 2.45) is 0 Å². The van der Waals surface area contributed by atoms with Crippen LogP contribution >= 0.6 is 0 Å². The Labute approximate surface area is 170 Å². The monoisotopic (exact) mass is 395 g/mol. The number of hydrogen-bond acceptors (Lipinski definition) is 4. The van der Waals surface area contributed by atoms with Gasteiger partial charge in [-0.1, -0.05) is 30.3 Å². The number of carbonyl (C=O) groups is 3. The first-order chi connectivity index (χ1) is 13.7. The highest BCUT2D eigenvalue weighted by atomic mass is 16.5. The molecule has 1 aliphatic heterocycles. The van der Waals surface area contributed by atoms with E-state index >= 15 is 0 Å². The molecule has 7 nitrogen and oxygen atoms in total. The fourth-order valence-electron chi connectivity index (χ4n) is 3.46. The molecule has 2 aromatic rings. The number of ether oxygens (including phenoxy) is 1. The molecule has 2 N–H and O–H groups in total. The fraction of sp³-hybridized carbons (Fsp3) is 0.318. The topological polar surface area (TPSA) is 87.7 Å². The van der Waals surface area contributed by atoms with Gasteiger partial charge >= 0.3 is 6.03 Å². The van der Waals surface area contributed by atoms with Crippen LogP contribution in [0.25, 0.3) is 0 Å². The molecule has 0 spiro atoms. The summed E-state index contributed by atoms with van der Waals surface area (Å²) in [5.74, 6) is -0.227. The van der Waals surface area contributed by atoms with Gasteiger partial charge in [-0.25, -0.2) is 4.79 Å². The number of amides is 4. The molecule has 29 heavy (non-hydrogen) atoms. The number of methoxy groups -OCH3 is 1. The molecular formula is C22H25N3O4. The quantitative estimate of drug-likeness (QED) is 0.737. The maximum absolute atomic E-state index is 13.0. The molecule has 3 rings (SSSR count). The number of hydrogen-bond donors (Lipinski definition) is 2. The van der Waals surface area contributed by atoms with Gasteiger partial charge in [-0.3, -0.25) is 14.5 Å². The zero-order valence-corrected chi connectivity index (χ0v) is 17.0. The molecule has 1 aliphatic rings. The summed E-state index contributed by atoms with van der Waals surface area (Å²) >= 11 is 0. The highest BCUT2D eigenvalue weighted by molar-refractivity contribution is 6.10. The highest BCUT2D eigenvalue weighted by Gasteiger charge is 2.48. The number of benzene rings is 2. The SMILES string of the molecule is COc1ccccc1C[C@@]1(C)NC(=O)N(CC(=O)Nc2cccc(C)c2C)C1=O. The third-order valence-electron chi connectivity index (χ3n) is 5.26. The minimum atomic E-state index is -1.15. The summed E-state index contributed by atoms with van der Waals surface area (Å²) in [7, 11) is 1.56. The van der Waals surface area contributed by atoms with Crippen LogP contribution in [0, 0.1) is 13.8 Å². The van der Waals surface area contributed by atoms with Gasteiger partial charge in [-0.05, 0) is 49.6 Å². The predicted octanol–water partition coefficient (Wildman–Crippen LogP) is 2.80. The number of anilines is 1. The van der Waals surface area contributed by atoms with E-state index in [1.54, 1.807) is 26.2 Å². The molecule has 0 unspecified atom stereocenters. The minimum Gasteiger partial charge on any atom is -0.496 e.